The molecule has 0 saturated heterocycles. The van der Waals surface area contributed by atoms with Crippen LogP contribution in [0.5, 0.6) is 5.75 Å². The molecule has 0 fully saturated rings. The van der Waals surface area contributed by atoms with E-state index in [1.807, 2.05) is 26.0 Å². The van der Waals surface area contributed by atoms with Crippen LogP contribution in [-0.2, 0) is 0 Å². The normalized spacial score (nSPS) is 13.2. The number of carbonyl (C=O) groups excluding carboxylic acids is 1. The molecule has 0 radical (unpaired) electrons. The average molecular weight is 262 g/mol. The molecular weight excluding hydrogens is 236 g/mol. The van der Waals surface area contributed by atoms with Crippen molar-refractivity contribution in [3.8, 4) is 5.75 Å². The predicted octanol–water partition coefficient (Wildman–Crippen LogP) is 4.57. The van der Waals surface area contributed by atoms with Crippen molar-refractivity contribution >= 4 is 5.78 Å². The second-order valence-corrected chi connectivity index (χ2v) is 6.54. The number of hydrogen-bond donors (Lipinski definition) is 0. The summed E-state index contributed by atoms with van der Waals surface area (Å²) in [6.07, 6.45) is 0.592. The molecule has 1 aromatic rings. The van der Waals surface area contributed by atoms with Crippen molar-refractivity contribution in [1.29, 1.82) is 0 Å². The molecule has 0 aliphatic heterocycles. The van der Waals surface area contributed by atoms with E-state index in [-0.39, 0.29) is 11.2 Å². The van der Waals surface area contributed by atoms with Crippen LogP contribution >= 0.6 is 0 Å². The summed E-state index contributed by atoms with van der Waals surface area (Å²) >= 11 is 0. The van der Waals surface area contributed by atoms with Crippen LogP contribution in [0.2, 0.25) is 0 Å². The highest BCUT2D eigenvalue weighted by Crippen LogP contribution is 2.30. The Hall–Kier alpha value is -1.31. The van der Waals surface area contributed by atoms with Crippen molar-refractivity contribution in [3.63, 3.8) is 0 Å². The Labute approximate surface area is 117 Å². The molecule has 2 heteroatoms. The van der Waals surface area contributed by atoms with Crippen LogP contribution < -0.4 is 4.74 Å². The maximum Gasteiger partial charge on any atom is 0.163 e. The summed E-state index contributed by atoms with van der Waals surface area (Å²) in [5, 5.41) is 0. The molecule has 19 heavy (non-hydrogen) atoms. The first-order chi connectivity index (χ1) is 8.66. The quantitative estimate of drug-likeness (QED) is 0.743. The average Bonchev–Trinajstić information content (AvgIpc) is 2.27. The summed E-state index contributed by atoms with van der Waals surface area (Å²) in [7, 11) is 1.67. The number of ketones is 1. The molecular formula is C17H26O2. The molecule has 2 nitrogen and oxygen atoms in total. The number of carbonyl (C=O) groups is 1. The standard InChI is InChI=1S/C17H26O2/c1-11-8-14(9-12(2)16(11)19-7)15(18)10-13(3)17(4,5)6/h8-9,13H,10H2,1-7H3. The Bertz CT molecular complexity index is 444. The maximum absolute atomic E-state index is 12.4. The van der Waals surface area contributed by atoms with E-state index in [0.717, 1.165) is 22.4 Å². The zero-order valence-corrected chi connectivity index (χ0v) is 13.3. The maximum atomic E-state index is 12.4. The minimum Gasteiger partial charge on any atom is -0.496 e. The largest absolute Gasteiger partial charge is 0.496 e. The van der Waals surface area contributed by atoms with Crippen molar-refractivity contribution in [3.05, 3.63) is 28.8 Å². The third-order valence-electron chi connectivity index (χ3n) is 3.96. The summed E-state index contributed by atoms with van der Waals surface area (Å²) in [5.41, 5.74) is 3.00. The van der Waals surface area contributed by atoms with Gasteiger partial charge < -0.3 is 4.74 Å². The second kappa shape index (κ2) is 5.77. The summed E-state index contributed by atoms with van der Waals surface area (Å²) in [4.78, 5) is 12.4. The lowest BCUT2D eigenvalue weighted by Crippen LogP contribution is -2.20. The second-order valence-electron chi connectivity index (χ2n) is 6.54. The van der Waals surface area contributed by atoms with Gasteiger partial charge in [0.2, 0.25) is 0 Å². The molecule has 1 atom stereocenters. The summed E-state index contributed by atoms with van der Waals surface area (Å²) in [6.45, 7) is 12.6. The summed E-state index contributed by atoms with van der Waals surface area (Å²) < 4.78 is 5.33. The molecule has 0 aliphatic rings. The third-order valence-corrected chi connectivity index (χ3v) is 3.96. The molecule has 0 N–H and O–H groups in total. The third kappa shape index (κ3) is 3.82. The molecule has 0 aliphatic carbocycles. The van der Waals surface area contributed by atoms with Gasteiger partial charge in [-0.2, -0.15) is 0 Å². The Balaban J connectivity index is 2.96. The lowest BCUT2D eigenvalue weighted by Gasteiger charge is -2.26. The van der Waals surface area contributed by atoms with Gasteiger partial charge in [-0.05, 0) is 48.4 Å². The predicted molar refractivity (Wildman–Crippen MR) is 80.0 cm³/mol. The van der Waals surface area contributed by atoms with Crippen LogP contribution in [0.25, 0.3) is 0 Å². The van der Waals surface area contributed by atoms with Gasteiger partial charge in [0.1, 0.15) is 5.75 Å². The Morgan fingerprint density at radius 2 is 1.68 bits per heavy atom. The fourth-order valence-corrected chi connectivity index (χ4v) is 2.14. The highest BCUT2D eigenvalue weighted by molar-refractivity contribution is 5.96. The Morgan fingerprint density at radius 1 is 1.21 bits per heavy atom. The van der Waals surface area contributed by atoms with Crippen LogP contribution in [0.4, 0.5) is 0 Å². The van der Waals surface area contributed by atoms with Gasteiger partial charge in [0.05, 0.1) is 7.11 Å². The van der Waals surface area contributed by atoms with Gasteiger partial charge in [0, 0.05) is 12.0 Å². The molecule has 106 valence electrons. The van der Waals surface area contributed by atoms with Crippen molar-refractivity contribution in [2.75, 3.05) is 7.11 Å². The number of hydrogen-bond acceptors (Lipinski definition) is 2. The first-order valence-corrected chi connectivity index (χ1v) is 6.85. The minimum absolute atomic E-state index is 0.159. The zero-order chi connectivity index (χ0) is 14.8. The lowest BCUT2D eigenvalue weighted by molar-refractivity contribution is 0.0927. The number of benzene rings is 1. The van der Waals surface area contributed by atoms with Gasteiger partial charge in [0.25, 0.3) is 0 Å². The molecule has 0 aromatic heterocycles. The van der Waals surface area contributed by atoms with Gasteiger partial charge >= 0.3 is 0 Å². The highest BCUT2D eigenvalue weighted by atomic mass is 16.5. The van der Waals surface area contributed by atoms with Crippen molar-refractivity contribution in [2.24, 2.45) is 11.3 Å². The fraction of sp³-hybridized carbons (Fsp3) is 0.588. The minimum atomic E-state index is 0.159. The van der Waals surface area contributed by atoms with Crippen molar-refractivity contribution < 1.29 is 9.53 Å². The van der Waals surface area contributed by atoms with Gasteiger partial charge in [-0.25, -0.2) is 0 Å². The topological polar surface area (TPSA) is 26.3 Å². The van der Waals surface area contributed by atoms with Crippen LogP contribution in [0, 0.1) is 25.2 Å². The van der Waals surface area contributed by atoms with E-state index in [9.17, 15) is 4.79 Å². The number of rotatable bonds is 4. The summed E-state index contributed by atoms with van der Waals surface area (Å²) in [5.74, 6) is 1.46. The molecule has 1 unspecified atom stereocenters. The lowest BCUT2D eigenvalue weighted by atomic mass is 9.78. The molecule has 0 spiro atoms. The molecule has 0 heterocycles. The van der Waals surface area contributed by atoms with Crippen LogP contribution in [0.3, 0.4) is 0 Å². The molecule has 0 amide bonds. The number of aryl methyl sites for hydroxylation is 2. The van der Waals surface area contributed by atoms with Crippen molar-refractivity contribution in [2.45, 2.75) is 48.0 Å². The van der Waals surface area contributed by atoms with Gasteiger partial charge in [-0.1, -0.05) is 27.7 Å². The highest BCUT2D eigenvalue weighted by Gasteiger charge is 2.23. The van der Waals surface area contributed by atoms with E-state index >= 15 is 0 Å². The van der Waals surface area contributed by atoms with Crippen LogP contribution in [0.15, 0.2) is 12.1 Å². The molecule has 0 saturated carbocycles. The monoisotopic (exact) mass is 262 g/mol. The van der Waals surface area contributed by atoms with E-state index < -0.39 is 0 Å². The SMILES string of the molecule is COc1c(C)cc(C(=O)CC(C)C(C)(C)C)cc1C. The van der Waals surface area contributed by atoms with E-state index in [2.05, 4.69) is 27.7 Å². The van der Waals surface area contributed by atoms with E-state index in [1.165, 1.54) is 0 Å². The summed E-state index contributed by atoms with van der Waals surface area (Å²) in [6, 6.07) is 3.87. The molecule has 1 rings (SSSR count). The van der Waals surface area contributed by atoms with Crippen LogP contribution in [0.1, 0.15) is 55.6 Å². The van der Waals surface area contributed by atoms with Crippen LogP contribution in [-0.4, -0.2) is 12.9 Å². The smallest absolute Gasteiger partial charge is 0.163 e. The Morgan fingerprint density at radius 3 is 2.05 bits per heavy atom. The Kier molecular flexibility index (Phi) is 4.78. The van der Waals surface area contributed by atoms with Gasteiger partial charge in [-0.3, -0.25) is 4.79 Å². The fourth-order valence-electron chi connectivity index (χ4n) is 2.14. The van der Waals surface area contributed by atoms with Crippen molar-refractivity contribution in [1.82, 2.24) is 0 Å². The number of ether oxygens (including phenoxy) is 1. The van der Waals surface area contributed by atoms with E-state index in [4.69, 9.17) is 4.74 Å². The van der Waals surface area contributed by atoms with Gasteiger partial charge in [-0.15, -0.1) is 0 Å². The van der Waals surface area contributed by atoms with E-state index in [1.54, 1.807) is 7.11 Å². The number of methoxy groups -OCH3 is 1. The van der Waals surface area contributed by atoms with Gasteiger partial charge in [0.15, 0.2) is 5.78 Å². The first kappa shape index (κ1) is 15.7. The molecule has 0 bridgehead atoms. The van der Waals surface area contributed by atoms with E-state index in [0.29, 0.717) is 12.3 Å². The number of Topliss-reactive ketones (excluding diaryl/α,β-unsaturated/α-hetero) is 1. The first-order valence-electron chi connectivity index (χ1n) is 6.85. The zero-order valence-electron chi connectivity index (χ0n) is 13.3. The molecule has 1 aromatic carbocycles.